The normalized spacial score (nSPS) is 14.1. The van der Waals surface area contributed by atoms with Crippen molar-refractivity contribution in [2.24, 2.45) is 5.73 Å². The molecular formula is C8H16BrNO2. The fourth-order valence-electron chi connectivity index (χ4n) is 0.613. The van der Waals surface area contributed by atoms with E-state index in [1.54, 1.807) is 0 Å². The molecule has 72 valence electrons. The summed E-state index contributed by atoms with van der Waals surface area (Å²) in [4.78, 5) is 11.2. The van der Waals surface area contributed by atoms with Crippen molar-refractivity contribution in [1.29, 1.82) is 0 Å². The van der Waals surface area contributed by atoms with Crippen LogP contribution in [0, 0.1) is 0 Å². The van der Waals surface area contributed by atoms with E-state index in [-0.39, 0.29) is 5.97 Å². The molecule has 0 aromatic heterocycles. The van der Waals surface area contributed by atoms with Gasteiger partial charge in [-0.25, -0.2) is 0 Å². The van der Waals surface area contributed by atoms with Gasteiger partial charge in [-0.15, -0.1) is 0 Å². The van der Waals surface area contributed by atoms with Crippen LogP contribution in [-0.2, 0) is 9.53 Å². The molecule has 3 nitrogen and oxygen atoms in total. The second-order valence-electron chi connectivity index (χ2n) is 3.62. The van der Waals surface area contributed by atoms with Gasteiger partial charge in [0.05, 0.1) is 0 Å². The third kappa shape index (κ3) is 5.55. The van der Waals surface area contributed by atoms with Crippen LogP contribution in [0.1, 0.15) is 27.2 Å². The molecule has 0 aromatic rings. The van der Waals surface area contributed by atoms with Crippen molar-refractivity contribution >= 4 is 21.9 Å². The third-order valence-electron chi connectivity index (χ3n) is 1.13. The second kappa shape index (κ2) is 4.82. The Morgan fingerprint density at radius 3 is 2.42 bits per heavy atom. The number of carbonyl (C=O) groups excluding carboxylic acids is 1. The summed E-state index contributed by atoms with van der Waals surface area (Å²) in [5.41, 5.74) is 5.09. The number of nitrogens with two attached hydrogens (primary N) is 1. The van der Waals surface area contributed by atoms with Gasteiger partial charge in [-0.05, 0) is 27.2 Å². The van der Waals surface area contributed by atoms with Gasteiger partial charge in [0.25, 0.3) is 0 Å². The minimum atomic E-state index is -0.511. The van der Waals surface area contributed by atoms with E-state index in [0.717, 1.165) is 0 Å². The van der Waals surface area contributed by atoms with Crippen LogP contribution >= 0.6 is 15.9 Å². The Kier molecular flexibility index (Phi) is 4.78. The van der Waals surface area contributed by atoms with Crippen molar-refractivity contribution in [3.63, 3.8) is 0 Å². The molecular weight excluding hydrogens is 222 g/mol. The van der Waals surface area contributed by atoms with E-state index in [4.69, 9.17) is 10.5 Å². The zero-order valence-electron chi connectivity index (χ0n) is 7.76. The Balaban J connectivity index is 3.87. The highest BCUT2D eigenvalue weighted by Crippen LogP contribution is 2.09. The minimum Gasteiger partial charge on any atom is -0.459 e. The Morgan fingerprint density at radius 2 is 2.08 bits per heavy atom. The summed E-state index contributed by atoms with van der Waals surface area (Å²) in [5, 5.41) is 0.716. The van der Waals surface area contributed by atoms with E-state index in [2.05, 4.69) is 15.9 Å². The first-order chi connectivity index (χ1) is 5.37. The van der Waals surface area contributed by atoms with Crippen molar-refractivity contribution in [1.82, 2.24) is 0 Å². The Labute approximate surface area is 81.8 Å². The molecule has 0 radical (unpaired) electrons. The van der Waals surface area contributed by atoms with Gasteiger partial charge >= 0.3 is 5.97 Å². The van der Waals surface area contributed by atoms with Crippen molar-refractivity contribution in [2.45, 2.75) is 38.8 Å². The average Bonchev–Trinajstić information content (AvgIpc) is 1.84. The summed E-state index contributed by atoms with van der Waals surface area (Å²) < 4.78 is 5.07. The summed E-state index contributed by atoms with van der Waals surface area (Å²) in [6.45, 7) is 5.48. The topological polar surface area (TPSA) is 52.3 Å². The molecule has 0 saturated heterocycles. The summed E-state index contributed by atoms with van der Waals surface area (Å²) in [7, 11) is 0. The highest BCUT2D eigenvalue weighted by Gasteiger charge is 2.21. The third-order valence-corrected chi connectivity index (χ3v) is 1.59. The number of rotatable bonds is 3. The molecule has 2 N–H and O–H groups in total. The second-order valence-corrected chi connectivity index (χ2v) is 4.41. The van der Waals surface area contributed by atoms with Crippen molar-refractivity contribution < 1.29 is 9.53 Å². The van der Waals surface area contributed by atoms with E-state index in [0.29, 0.717) is 11.8 Å². The molecule has 0 aliphatic heterocycles. The number of hydrogen-bond donors (Lipinski definition) is 1. The number of hydrogen-bond acceptors (Lipinski definition) is 3. The molecule has 0 bridgehead atoms. The molecule has 12 heavy (non-hydrogen) atoms. The first-order valence-electron chi connectivity index (χ1n) is 3.91. The van der Waals surface area contributed by atoms with Gasteiger partial charge in [0.1, 0.15) is 11.6 Å². The van der Waals surface area contributed by atoms with Gasteiger partial charge in [-0.2, -0.15) is 0 Å². The number of ether oxygens (including phenoxy) is 1. The molecule has 1 atom stereocenters. The number of halogens is 1. The van der Waals surface area contributed by atoms with E-state index in [9.17, 15) is 4.79 Å². The van der Waals surface area contributed by atoms with Gasteiger partial charge < -0.3 is 10.5 Å². The minimum absolute atomic E-state index is 0.332. The lowest BCUT2D eigenvalue weighted by molar-refractivity contribution is -0.156. The maximum Gasteiger partial charge on any atom is 0.323 e. The maximum atomic E-state index is 11.2. The van der Waals surface area contributed by atoms with Crippen LogP contribution in [0.15, 0.2) is 0 Å². The Morgan fingerprint density at radius 1 is 1.58 bits per heavy atom. The number of alkyl halides is 1. The van der Waals surface area contributed by atoms with Crippen LogP contribution in [-0.4, -0.2) is 22.9 Å². The fourth-order valence-corrected chi connectivity index (χ4v) is 1.11. The molecule has 0 rings (SSSR count). The number of esters is 1. The maximum absolute atomic E-state index is 11.2. The molecule has 0 aliphatic rings. The lowest BCUT2D eigenvalue weighted by Gasteiger charge is -2.21. The predicted octanol–water partition coefficient (Wildman–Crippen LogP) is 1.44. The average molecular weight is 238 g/mol. The quantitative estimate of drug-likeness (QED) is 0.597. The highest BCUT2D eigenvalue weighted by atomic mass is 79.9. The van der Waals surface area contributed by atoms with Crippen LogP contribution in [0.3, 0.4) is 0 Å². The summed E-state index contributed by atoms with van der Waals surface area (Å²) in [6.07, 6.45) is 0.606. The van der Waals surface area contributed by atoms with Crippen LogP contribution in [0.5, 0.6) is 0 Å². The van der Waals surface area contributed by atoms with Gasteiger partial charge in [0.15, 0.2) is 0 Å². The van der Waals surface area contributed by atoms with Crippen LogP contribution in [0.2, 0.25) is 0 Å². The predicted molar refractivity (Wildman–Crippen MR) is 52.2 cm³/mol. The van der Waals surface area contributed by atoms with E-state index < -0.39 is 11.6 Å². The SMILES string of the molecule is CC(C)(C)OC(=O)[C@@H](N)CCBr. The standard InChI is InChI=1S/C8H16BrNO2/c1-8(2,3)12-7(11)6(10)4-5-9/h6H,4-5,10H2,1-3H3/t6-/m0/s1. The van der Waals surface area contributed by atoms with Crippen molar-refractivity contribution in [2.75, 3.05) is 5.33 Å². The van der Waals surface area contributed by atoms with Crippen LogP contribution in [0.25, 0.3) is 0 Å². The van der Waals surface area contributed by atoms with Crippen LogP contribution in [0.4, 0.5) is 0 Å². The Bertz CT molecular complexity index is 154. The Hall–Kier alpha value is -0.0900. The monoisotopic (exact) mass is 237 g/mol. The highest BCUT2D eigenvalue weighted by molar-refractivity contribution is 9.09. The molecule has 4 heteroatoms. The largest absolute Gasteiger partial charge is 0.459 e. The van der Waals surface area contributed by atoms with E-state index >= 15 is 0 Å². The number of carbonyl (C=O) groups is 1. The lowest BCUT2D eigenvalue weighted by Crippen LogP contribution is -2.37. The lowest BCUT2D eigenvalue weighted by atomic mass is 10.2. The molecule has 0 amide bonds. The molecule has 0 aromatic carbocycles. The molecule has 0 spiro atoms. The molecule has 0 heterocycles. The summed E-state index contributed by atoms with van der Waals surface area (Å²) in [6, 6.07) is -0.511. The first-order valence-corrected chi connectivity index (χ1v) is 5.03. The zero-order valence-corrected chi connectivity index (χ0v) is 9.35. The van der Waals surface area contributed by atoms with Crippen molar-refractivity contribution in [3.8, 4) is 0 Å². The van der Waals surface area contributed by atoms with Crippen LogP contribution < -0.4 is 5.73 Å². The molecule has 0 aliphatic carbocycles. The van der Waals surface area contributed by atoms with E-state index in [1.807, 2.05) is 20.8 Å². The molecule has 0 unspecified atom stereocenters. The fraction of sp³-hybridized carbons (Fsp3) is 0.875. The van der Waals surface area contributed by atoms with E-state index in [1.165, 1.54) is 0 Å². The van der Waals surface area contributed by atoms with Gasteiger partial charge in [-0.3, -0.25) is 4.79 Å². The zero-order chi connectivity index (χ0) is 9.78. The van der Waals surface area contributed by atoms with Gasteiger partial charge in [-0.1, -0.05) is 15.9 Å². The van der Waals surface area contributed by atoms with Gasteiger partial charge in [0, 0.05) is 5.33 Å². The molecule has 0 fully saturated rings. The summed E-state index contributed by atoms with van der Waals surface area (Å²) in [5.74, 6) is -0.332. The van der Waals surface area contributed by atoms with Gasteiger partial charge in [0.2, 0.25) is 0 Å². The molecule has 0 saturated carbocycles. The first kappa shape index (κ1) is 11.9. The summed E-state index contributed by atoms with van der Waals surface area (Å²) >= 11 is 3.21. The van der Waals surface area contributed by atoms with Crippen molar-refractivity contribution in [3.05, 3.63) is 0 Å². The smallest absolute Gasteiger partial charge is 0.323 e.